The monoisotopic (exact) mass is 257 g/mol. The molecule has 1 N–H and O–H groups in total. The van der Waals surface area contributed by atoms with Crippen molar-refractivity contribution in [3.05, 3.63) is 29.0 Å². The van der Waals surface area contributed by atoms with Crippen molar-refractivity contribution in [2.75, 3.05) is 11.9 Å². The van der Waals surface area contributed by atoms with Gasteiger partial charge in [-0.15, -0.1) is 0 Å². The Morgan fingerprint density at radius 3 is 2.53 bits per heavy atom. The maximum absolute atomic E-state index is 12.9. The van der Waals surface area contributed by atoms with E-state index in [4.69, 9.17) is 11.6 Å². The summed E-state index contributed by atoms with van der Waals surface area (Å²) in [5.41, 5.74) is 0.893. The minimum atomic E-state index is -0.364. The molecule has 0 radical (unpaired) electrons. The molecule has 3 heteroatoms. The largest absolute Gasteiger partial charge is 0.385 e. The lowest BCUT2D eigenvalue weighted by Crippen LogP contribution is -2.01. The van der Waals surface area contributed by atoms with Gasteiger partial charge in [0.15, 0.2) is 0 Å². The third kappa shape index (κ3) is 5.92. The van der Waals surface area contributed by atoms with Gasteiger partial charge in [-0.05, 0) is 24.6 Å². The molecule has 0 saturated heterocycles. The Hall–Kier alpha value is -0.760. The Balaban J connectivity index is 2.11. The van der Waals surface area contributed by atoms with Crippen LogP contribution in [0, 0.1) is 5.82 Å². The predicted octanol–water partition coefficient (Wildman–Crippen LogP) is 5.25. The first-order valence-electron chi connectivity index (χ1n) is 6.43. The Morgan fingerprint density at radius 2 is 1.82 bits per heavy atom. The summed E-state index contributed by atoms with van der Waals surface area (Å²) in [6.45, 7) is 3.15. The second kappa shape index (κ2) is 8.35. The van der Waals surface area contributed by atoms with E-state index in [1.807, 2.05) is 0 Å². The first-order valence-corrected chi connectivity index (χ1v) is 6.80. The fraction of sp³-hybridized carbons (Fsp3) is 0.571. The van der Waals surface area contributed by atoms with Crippen LogP contribution in [-0.2, 0) is 0 Å². The summed E-state index contributed by atoms with van der Waals surface area (Å²) in [5, 5.41) is 3.43. The molecule has 17 heavy (non-hydrogen) atoms. The molecule has 96 valence electrons. The summed E-state index contributed by atoms with van der Waals surface area (Å²) in [6, 6.07) is 4.75. The number of hydrogen-bond acceptors (Lipinski definition) is 1. The first-order chi connectivity index (χ1) is 8.24. The summed E-state index contributed by atoms with van der Waals surface area (Å²) >= 11 is 5.70. The van der Waals surface area contributed by atoms with Crippen LogP contribution in [0.2, 0.25) is 5.02 Å². The van der Waals surface area contributed by atoms with Gasteiger partial charge >= 0.3 is 0 Å². The molecule has 0 aliphatic carbocycles. The highest BCUT2D eigenvalue weighted by atomic mass is 35.5. The van der Waals surface area contributed by atoms with E-state index in [-0.39, 0.29) is 10.8 Å². The van der Waals surface area contributed by atoms with Crippen LogP contribution >= 0.6 is 11.6 Å². The van der Waals surface area contributed by atoms with Crippen molar-refractivity contribution in [2.24, 2.45) is 0 Å². The quantitative estimate of drug-likeness (QED) is 0.627. The number of hydrogen-bond donors (Lipinski definition) is 1. The molecule has 0 spiro atoms. The van der Waals surface area contributed by atoms with Gasteiger partial charge in [-0.25, -0.2) is 4.39 Å². The minimum absolute atomic E-state index is 0.179. The van der Waals surface area contributed by atoms with Gasteiger partial charge in [-0.2, -0.15) is 0 Å². The lowest BCUT2D eigenvalue weighted by Gasteiger charge is -2.07. The Bertz CT molecular complexity index is 328. The normalized spacial score (nSPS) is 10.5. The molecule has 0 unspecified atom stereocenters. The summed E-state index contributed by atoms with van der Waals surface area (Å²) in [7, 11) is 0. The van der Waals surface area contributed by atoms with Crippen LogP contribution in [-0.4, -0.2) is 6.54 Å². The fourth-order valence-corrected chi connectivity index (χ4v) is 1.92. The van der Waals surface area contributed by atoms with E-state index in [9.17, 15) is 4.39 Å². The predicted molar refractivity (Wildman–Crippen MR) is 73.3 cm³/mol. The van der Waals surface area contributed by atoms with E-state index in [1.54, 1.807) is 12.1 Å². The molecular weight excluding hydrogens is 237 g/mol. The maximum Gasteiger partial charge on any atom is 0.141 e. The van der Waals surface area contributed by atoms with Crippen molar-refractivity contribution in [2.45, 2.75) is 45.4 Å². The van der Waals surface area contributed by atoms with Gasteiger partial charge in [0.25, 0.3) is 0 Å². The van der Waals surface area contributed by atoms with Gasteiger partial charge in [-0.1, -0.05) is 50.6 Å². The van der Waals surface area contributed by atoms with Crippen molar-refractivity contribution in [3.63, 3.8) is 0 Å². The molecule has 0 saturated carbocycles. The number of benzene rings is 1. The van der Waals surface area contributed by atoms with Crippen LogP contribution in [0.1, 0.15) is 45.4 Å². The summed E-state index contributed by atoms with van der Waals surface area (Å²) < 4.78 is 12.9. The van der Waals surface area contributed by atoms with Crippen molar-refractivity contribution in [3.8, 4) is 0 Å². The fourth-order valence-electron chi connectivity index (χ4n) is 1.74. The van der Waals surface area contributed by atoms with Gasteiger partial charge in [-0.3, -0.25) is 0 Å². The smallest absolute Gasteiger partial charge is 0.141 e. The summed E-state index contributed by atoms with van der Waals surface area (Å²) in [4.78, 5) is 0. The van der Waals surface area contributed by atoms with E-state index in [2.05, 4.69) is 12.2 Å². The Kier molecular flexibility index (Phi) is 7.02. The second-order valence-corrected chi connectivity index (χ2v) is 4.73. The Morgan fingerprint density at radius 1 is 1.12 bits per heavy atom. The van der Waals surface area contributed by atoms with Crippen molar-refractivity contribution >= 4 is 17.3 Å². The van der Waals surface area contributed by atoms with E-state index in [1.165, 1.54) is 38.2 Å². The summed E-state index contributed by atoms with van der Waals surface area (Å²) in [5.74, 6) is -0.364. The molecule has 1 aromatic carbocycles. The zero-order valence-corrected chi connectivity index (χ0v) is 11.2. The molecule has 0 aliphatic rings. The molecule has 0 bridgehead atoms. The van der Waals surface area contributed by atoms with Crippen LogP contribution in [0.25, 0.3) is 0 Å². The van der Waals surface area contributed by atoms with E-state index < -0.39 is 0 Å². The van der Waals surface area contributed by atoms with E-state index >= 15 is 0 Å². The number of unbranched alkanes of at least 4 members (excludes halogenated alkanes) is 5. The third-order valence-corrected chi connectivity index (χ3v) is 3.07. The highest BCUT2D eigenvalue weighted by Crippen LogP contribution is 2.19. The molecule has 0 aliphatic heterocycles. The molecule has 0 fully saturated rings. The Labute approximate surface area is 108 Å². The van der Waals surface area contributed by atoms with Gasteiger partial charge in [0.05, 0.1) is 5.02 Å². The molecule has 1 aromatic rings. The lowest BCUT2D eigenvalue weighted by atomic mass is 10.1. The number of halogens is 2. The number of anilines is 1. The SMILES string of the molecule is CCCCCCCCNc1ccc(F)c(Cl)c1. The molecule has 1 rings (SSSR count). The second-order valence-electron chi connectivity index (χ2n) is 4.32. The zero-order chi connectivity index (χ0) is 12.5. The molecular formula is C14H21ClFN. The highest BCUT2D eigenvalue weighted by Gasteiger charge is 1.99. The molecule has 0 aromatic heterocycles. The maximum atomic E-state index is 12.9. The van der Waals surface area contributed by atoms with Gasteiger partial charge in [0.1, 0.15) is 5.82 Å². The van der Waals surface area contributed by atoms with Gasteiger partial charge in [0.2, 0.25) is 0 Å². The molecule has 0 amide bonds. The number of nitrogens with one attached hydrogen (secondary N) is 1. The van der Waals surface area contributed by atoms with Gasteiger partial charge < -0.3 is 5.32 Å². The molecule has 0 heterocycles. The van der Waals surface area contributed by atoms with Crippen LogP contribution < -0.4 is 5.32 Å². The third-order valence-electron chi connectivity index (χ3n) is 2.78. The molecule has 0 atom stereocenters. The number of rotatable bonds is 8. The average Bonchev–Trinajstić information content (AvgIpc) is 2.32. The van der Waals surface area contributed by atoms with Crippen molar-refractivity contribution in [1.82, 2.24) is 0 Å². The topological polar surface area (TPSA) is 12.0 Å². The highest BCUT2D eigenvalue weighted by molar-refractivity contribution is 6.31. The van der Waals surface area contributed by atoms with Crippen LogP contribution in [0.4, 0.5) is 10.1 Å². The lowest BCUT2D eigenvalue weighted by molar-refractivity contribution is 0.616. The van der Waals surface area contributed by atoms with E-state index in [0.717, 1.165) is 18.7 Å². The van der Waals surface area contributed by atoms with Crippen LogP contribution in [0.3, 0.4) is 0 Å². The van der Waals surface area contributed by atoms with Crippen molar-refractivity contribution in [1.29, 1.82) is 0 Å². The zero-order valence-electron chi connectivity index (χ0n) is 10.4. The van der Waals surface area contributed by atoms with E-state index in [0.29, 0.717) is 0 Å². The molecule has 1 nitrogen and oxygen atoms in total. The van der Waals surface area contributed by atoms with Crippen LogP contribution in [0.15, 0.2) is 18.2 Å². The first kappa shape index (κ1) is 14.3. The van der Waals surface area contributed by atoms with Crippen molar-refractivity contribution < 1.29 is 4.39 Å². The van der Waals surface area contributed by atoms with Gasteiger partial charge in [0, 0.05) is 12.2 Å². The average molecular weight is 258 g/mol. The summed E-state index contributed by atoms with van der Waals surface area (Å²) in [6.07, 6.45) is 7.66. The van der Waals surface area contributed by atoms with Crippen LogP contribution in [0.5, 0.6) is 0 Å². The minimum Gasteiger partial charge on any atom is -0.385 e. The standard InChI is InChI=1S/C14H21ClFN/c1-2-3-4-5-6-7-10-17-12-8-9-14(16)13(15)11-12/h8-9,11,17H,2-7,10H2,1H3.